The van der Waals surface area contributed by atoms with Gasteiger partial charge in [-0.05, 0) is 30.9 Å². The maximum Gasteiger partial charge on any atom is 0.311 e. The Kier molecular flexibility index (Phi) is 4.48. The van der Waals surface area contributed by atoms with Crippen LogP contribution in [0.3, 0.4) is 0 Å². The third-order valence-corrected chi connectivity index (χ3v) is 5.37. The Balaban J connectivity index is 1.54. The largest absolute Gasteiger partial charge is 0.491 e. The molecule has 1 N–H and O–H groups in total. The van der Waals surface area contributed by atoms with Crippen molar-refractivity contribution in [2.45, 2.75) is 25.7 Å². The van der Waals surface area contributed by atoms with E-state index in [9.17, 15) is 14.7 Å². The number of para-hydroxylation sites is 1. The number of fused-ring (bicyclic) bond motifs is 1. The molecule has 1 saturated carbocycles. The second-order valence-corrected chi connectivity index (χ2v) is 6.76. The summed E-state index contributed by atoms with van der Waals surface area (Å²) < 4.78 is 5.54. The van der Waals surface area contributed by atoms with Crippen molar-refractivity contribution in [1.82, 2.24) is 4.90 Å². The van der Waals surface area contributed by atoms with Crippen LogP contribution in [0, 0.1) is 11.3 Å². The van der Waals surface area contributed by atoms with Gasteiger partial charge in [-0.25, -0.2) is 0 Å². The Morgan fingerprint density at radius 3 is 2.87 bits per heavy atom. The fourth-order valence-electron chi connectivity index (χ4n) is 3.80. The number of nitrogens with zero attached hydrogens (tertiary/aromatic N) is 1. The molecule has 2 atom stereocenters. The highest BCUT2D eigenvalue weighted by atomic mass is 35.5. The Morgan fingerprint density at radius 2 is 2.17 bits per heavy atom. The number of aliphatic carboxylic acids is 1. The predicted octanol–water partition coefficient (Wildman–Crippen LogP) is 2.82. The number of carboxylic acids is 1. The van der Waals surface area contributed by atoms with Gasteiger partial charge in [0.15, 0.2) is 0 Å². The number of hydrogen-bond acceptors (Lipinski definition) is 3. The number of carbonyl (C=O) groups excluding carboxylic acids is 1. The van der Waals surface area contributed by atoms with E-state index in [1.165, 1.54) is 0 Å². The van der Waals surface area contributed by atoms with Crippen molar-refractivity contribution in [3.8, 4) is 5.75 Å². The van der Waals surface area contributed by atoms with E-state index < -0.39 is 11.4 Å². The molecule has 0 unspecified atom stereocenters. The molecule has 2 aliphatic rings. The number of benzene rings is 1. The Labute approximate surface area is 140 Å². The molecule has 3 rings (SSSR count). The molecule has 0 bridgehead atoms. The third-order valence-electron chi connectivity index (χ3n) is 5.06. The van der Waals surface area contributed by atoms with Gasteiger partial charge in [-0.2, -0.15) is 0 Å². The van der Waals surface area contributed by atoms with Gasteiger partial charge < -0.3 is 14.7 Å². The van der Waals surface area contributed by atoms with Crippen LogP contribution in [0.1, 0.15) is 25.7 Å². The summed E-state index contributed by atoms with van der Waals surface area (Å²) in [7, 11) is 0. The SMILES string of the molecule is O=C(CCOc1ccccc1Cl)N1C[C@@H]2CCC[C@@]2(C(=O)O)C1. The quantitative estimate of drug-likeness (QED) is 0.897. The maximum absolute atomic E-state index is 12.3. The van der Waals surface area contributed by atoms with Gasteiger partial charge >= 0.3 is 5.97 Å². The smallest absolute Gasteiger partial charge is 0.311 e. The van der Waals surface area contributed by atoms with Crippen LogP contribution in [0.2, 0.25) is 5.02 Å². The average Bonchev–Trinajstić information content (AvgIpc) is 3.07. The minimum absolute atomic E-state index is 0.0490. The number of ether oxygens (including phenoxy) is 1. The fraction of sp³-hybridized carbons (Fsp3) is 0.529. The van der Waals surface area contributed by atoms with Crippen LogP contribution in [-0.2, 0) is 9.59 Å². The van der Waals surface area contributed by atoms with Crippen LogP contribution in [-0.4, -0.2) is 41.6 Å². The van der Waals surface area contributed by atoms with Gasteiger partial charge in [0.05, 0.1) is 23.5 Å². The van der Waals surface area contributed by atoms with Crippen LogP contribution < -0.4 is 4.74 Å². The van der Waals surface area contributed by atoms with Crippen molar-refractivity contribution in [2.24, 2.45) is 11.3 Å². The van der Waals surface area contributed by atoms with Crippen LogP contribution in [0.15, 0.2) is 24.3 Å². The second kappa shape index (κ2) is 6.40. The lowest BCUT2D eigenvalue weighted by Gasteiger charge is -2.23. The molecule has 1 heterocycles. The van der Waals surface area contributed by atoms with Crippen molar-refractivity contribution < 1.29 is 19.4 Å². The zero-order valence-corrected chi connectivity index (χ0v) is 13.6. The van der Waals surface area contributed by atoms with Gasteiger partial charge in [0.2, 0.25) is 5.91 Å². The number of halogens is 1. The van der Waals surface area contributed by atoms with E-state index in [4.69, 9.17) is 16.3 Å². The molecule has 5 nitrogen and oxygen atoms in total. The first-order valence-corrected chi connectivity index (χ1v) is 8.29. The number of carbonyl (C=O) groups is 2. The van der Waals surface area contributed by atoms with Gasteiger partial charge in [0.1, 0.15) is 5.75 Å². The first-order chi connectivity index (χ1) is 11.0. The van der Waals surface area contributed by atoms with Gasteiger partial charge in [0, 0.05) is 13.1 Å². The van der Waals surface area contributed by atoms with Gasteiger partial charge in [-0.3, -0.25) is 9.59 Å². The van der Waals surface area contributed by atoms with Gasteiger partial charge in [-0.1, -0.05) is 30.2 Å². The molecular formula is C17H20ClNO4. The summed E-state index contributed by atoms with van der Waals surface area (Å²) >= 11 is 6.00. The minimum atomic E-state index is -0.761. The molecule has 1 saturated heterocycles. The Morgan fingerprint density at radius 1 is 1.39 bits per heavy atom. The topological polar surface area (TPSA) is 66.8 Å². The van der Waals surface area contributed by atoms with Crippen LogP contribution in [0.5, 0.6) is 5.75 Å². The molecule has 1 aromatic rings. The van der Waals surface area contributed by atoms with E-state index in [-0.39, 0.29) is 24.9 Å². The number of rotatable bonds is 5. The standard InChI is InChI=1S/C17H20ClNO4/c18-13-5-1-2-6-14(13)23-9-7-15(20)19-10-12-4-3-8-17(12,11-19)16(21)22/h1-2,5-6,12H,3-4,7-11H2,(H,21,22)/t12-,17+/m0/s1. The molecule has 1 aliphatic heterocycles. The highest BCUT2D eigenvalue weighted by Gasteiger charge is 2.55. The molecule has 1 aromatic carbocycles. The molecule has 2 fully saturated rings. The highest BCUT2D eigenvalue weighted by Crippen LogP contribution is 2.48. The van der Waals surface area contributed by atoms with E-state index in [0.717, 1.165) is 12.8 Å². The fourth-order valence-corrected chi connectivity index (χ4v) is 3.99. The second-order valence-electron chi connectivity index (χ2n) is 6.35. The number of carboxylic acid groups (broad SMARTS) is 1. The van der Waals surface area contributed by atoms with Crippen LogP contribution in [0.4, 0.5) is 0 Å². The summed E-state index contributed by atoms with van der Waals surface area (Å²) in [5, 5.41) is 10.1. The normalized spacial score (nSPS) is 26.1. The number of amides is 1. The van der Waals surface area contributed by atoms with Crippen molar-refractivity contribution in [3.05, 3.63) is 29.3 Å². The summed E-state index contributed by atoms with van der Waals surface area (Å²) in [5.74, 6) is -0.162. The lowest BCUT2D eigenvalue weighted by molar-refractivity contribution is -0.149. The molecule has 124 valence electrons. The summed E-state index contributed by atoms with van der Waals surface area (Å²) in [6, 6.07) is 7.12. The molecule has 6 heteroatoms. The summed E-state index contributed by atoms with van der Waals surface area (Å²) in [4.78, 5) is 25.7. The van der Waals surface area contributed by atoms with Crippen LogP contribution in [0.25, 0.3) is 0 Å². The summed E-state index contributed by atoms with van der Waals surface area (Å²) in [6.45, 7) is 1.12. The average molecular weight is 338 g/mol. The zero-order chi connectivity index (χ0) is 16.4. The molecular weight excluding hydrogens is 318 g/mol. The Hall–Kier alpha value is -1.75. The van der Waals surface area contributed by atoms with E-state index in [1.54, 1.807) is 17.0 Å². The molecule has 1 amide bonds. The minimum Gasteiger partial charge on any atom is -0.491 e. The molecule has 0 spiro atoms. The molecule has 0 aromatic heterocycles. The lowest BCUT2D eigenvalue weighted by atomic mass is 9.81. The monoisotopic (exact) mass is 337 g/mol. The zero-order valence-electron chi connectivity index (χ0n) is 12.8. The van der Waals surface area contributed by atoms with E-state index in [2.05, 4.69) is 0 Å². The van der Waals surface area contributed by atoms with Gasteiger partial charge in [-0.15, -0.1) is 0 Å². The first kappa shape index (κ1) is 16.1. The van der Waals surface area contributed by atoms with E-state index in [0.29, 0.717) is 30.3 Å². The molecule has 1 aliphatic carbocycles. The summed E-state index contributed by atoms with van der Waals surface area (Å²) in [5.41, 5.74) is -0.723. The van der Waals surface area contributed by atoms with Gasteiger partial charge in [0.25, 0.3) is 0 Å². The van der Waals surface area contributed by atoms with Crippen molar-refractivity contribution in [3.63, 3.8) is 0 Å². The van der Waals surface area contributed by atoms with Crippen molar-refractivity contribution >= 4 is 23.5 Å². The first-order valence-electron chi connectivity index (χ1n) is 7.91. The van der Waals surface area contributed by atoms with Crippen molar-refractivity contribution in [1.29, 1.82) is 0 Å². The Bertz CT molecular complexity index is 620. The van der Waals surface area contributed by atoms with Crippen LogP contribution >= 0.6 is 11.6 Å². The van der Waals surface area contributed by atoms with Crippen molar-refractivity contribution in [2.75, 3.05) is 19.7 Å². The lowest BCUT2D eigenvalue weighted by Crippen LogP contribution is -2.37. The van der Waals surface area contributed by atoms with E-state index in [1.807, 2.05) is 12.1 Å². The summed E-state index contributed by atoms with van der Waals surface area (Å²) in [6.07, 6.45) is 2.74. The molecule has 23 heavy (non-hydrogen) atoms. The van der Waals surface area contributed by atoms with E-state index >= 15 is 0 Å². The highest BCUT2D eigenvalue weighted by molar-refractivity contribution is 6.32. The molecule has 0 radical (unpaired) electrons. The number of likely N-dealkylation sites (tertiary alicyclic amines) is 1. The third kappa shape index (κ3) is 3.02. The number of hydrogen-bond donors (Lipinski definition) is 1. The predicted molar refractivity (Wildman–Crippen MR) is 85.6 cm³/mol. The maximum atomic E-state index is 12.3.